The number of halogens is 1. The zero-order valence-corrected chi connectivity index (χ0v) is 14.6. The van der Waals surface area contributed by atoms with Crippen LogP contribution in [0, 0.1) is 0 Å². The lowest BCUT2D eigenvalue weighted by atomic mass is 10.1. The molecule has 3 rings (SSSR count). The van der Waals surface area contributed by atoms with Crippen LogP contribution in [0.4, 0.5) is 0 Å². The number of phenolic OH excluding ortho intramolecular Hbond substituents is 1. The van der Waals surface area contributed by atoms with Crippen LogP contribution in [0.15, 0.2) is 70.2 Å². The first-order chi connectivity index (χ1) is 12.6. The number of aromatic hydroxyl groups is 1. The van der Waals surface area contributed by atoms with Crippen LogP contribution in [0.3, 0.4) is 0 Å². The minimum atomic E-state index is -0.257. The fourth-order valence-corrected chi connectivity index (χ4v) is 2.60. The predicted molar refractivity (Wildman–Crippen MR) is 101 cm³/mol. The summed E-state index contributed by atoms with van der Waals surface area (Å²) in [4.78, 5) is 11.9. The van der Waals surface area contributed by atoms with E-state index in [2.05, 4.69) is 10.5 Å². The van der Waals surface area contributed by atoms with E-state index in [0.717, 1.165) is 11.1 Å². The fourth-order valence-electron chi connectivity index (χ4n) is 2.42. The molecule has 5 nitrogen and oxygen atoms in total. The van der Waals surface area contributed by atoms with Crippen LogP contribution in [0.2, 0.25) is 5.22 Å². The number of nitrogens with one attached hydrogen (secondary N) is 1. The molecule has 0 aliphatic carbocycles. The topological polar surface area (TPSA) is 74.8 Å². The highest BCUT2D eigenvalue weighted by molar-refractivity contribution is 6.31. The van der Waals surface area contributed by atoms with Gasteiger partial charge >= 0.3 is 0 Å². The van der Waals surface area contributed by atoms with E-state index in [1.165, 1.54) is 6.21 Å². The van der Waals surface area contributed by atoms with Gasteiger partial charge in [0.2, 0.25) is 11.1 Å². The van der Waals surface area contributed by atoms with Gasteiger partial charge < -0.3 is 9.52 Å². The van der Waals surface area contributed by atoms with Crippen molar-refractivity contribution in [3.63, 3.8) is 0 Å². The normalized spacial score (nSPS) is 11.0. The second kappa shape index (κ2) is 8.36. The summed E-state index contributed by atoms with van der Waals surface area (Å²) in [7, 11) is 0. The number of nitrogens with zero attached hydrogens (tertiary/aromatic N) is 1. The van der Waals surface area contributed by atoms with Gasteiger partial charge in [-0.1, -0.05) is 48.5 Å². The Morgan fingerprint density at radius 3 is 2.65 bits per heavy atom. The van der Waals surface area contributed by atoms with Crippen molar-refractivity contribution in [2.75, 3.05) is 0 Å². The minimum absolute atomic E-state index is 0.183. The van der Waals surface area contributed by atoms with E-state index >= 15 is 0 Å². The first-order valence-corrected chi connectivity index (χ1v) is 8.45. The number of aryl methyl sites for hydroxylation is 1. The van der Waals surface area contributed by atoms with Gasteiger partial charge in [0.1, 0.15) is 11.5 Å². The first kappa shape index (κ1) is 17.8. The van der Waals surface area contributed by atoms with Gasteiger partial charge in [-0.25, -0.2) is 5.43 Å². The number of phenols is 1. The third kappa shape index (κ3) is 4.52. The number of para-hydroxylation sites is 1. The lowest BCUT2D eigenvalue weighted by Gasteiger charge is -2.03. The molecule has 2 aromatic carbocycles. The summed E-state index contributed by atoms with van der Waals surface area (Å²) in [5, 5.41) is 13.8. The van der Waals surface area contributed by atoms with Gasteiger partial charge in [0.15, 0.2) is 0 Å². The number of carbonyl (C=O) groups is 1. The summed E-state index contributed by atoms with van der Waals surface area (Å²) < 4.78 is 5.51. The maximum absolute atomic E-state index is 11.9. The highest BCUT2D eigenvalue weighted by Crippen LogP contribution is 2.27. The van der Waals surface area contributed by atoms with Crippen molar-refractivity contribution in [1.82, 2.24) is 5.43 Å². The Morgan fingerprint density at radius 2 is 1.88 bits per heavy atom. The van der Waals surface area contributed by atoms with Gasteiger partial charge in [-0.2, -0.15) is 5.10 Å². The Morgan fingerprint density at radius 1 is 1.15 bits per heavy atom. The number of amides is 1. The molecule has 6 heteroatoms. The van der Waals surface area contributed by atoms with Gasteiger partial charge in [-0.15, -0.1) is 0 Å². The van der Waals surface area contributed by atoms with E-state index in [1.807, 2.05) is 36.4 Å². The average molecular weight is 369 g/mol. The first-order valence-electron chi connectivity index (χ1n) is 8.07. The van der Waals surface area contributed by atoms with Crippen LogP contribution in [0.5, 0.6) is 5.75 Å². The number of furan rings is 1. The Labute approximate surface area is 155 Å². The standard InChI is InChI=1S/C20H17ClN2O3/c21-20-16(12-18(26-20)15-7-2-1-3-8-15)13-22-23-19(25)11-10-14-6-4-5-9-17(14)24/h1-9,12-13,24H,10-11H2,(H,23,25)/b22-13+. The molecule has 0 radical (unpaired) electrons. The molecule has 1 aromatic heterocycles. The van der Waals surface area contributed by atoms with Crippen LogP contribution in [0.25, 0.3) is 11.3 Å². The summed E-state index contributed by atoms with van der Waals surface area (Å²) in [5.74, 6) is 0.553. The van der Waals surface area contributed by atoms with Crippen LogP contribution in [-0.4, -0.2) is 17.2 Å². The molecule has 3 aromatic rings. The fraction of sp³-hybridized carbons (Fsp3) is 0.100. The molecular weight excluding hydrogens is 352 g/mol. The Bertz CT molecular complexity index is 920. The van der Waals surface area contributed by atoms with Crippen LogP contribution in [0.1, 0.15) is 17.5 Å². The molecule has 26 heavy (non-hydrogen) atoms. The van der Waals surface area contributed by atoms with Crippen LogP contribution >= 0.6 is 11.6 Å². The molecule has 0 unspecified atom stereocenters. The Balaban J connectivity index is 1.56. The third-order valence-electron chi connectivity index (χ3n) is 3.78. The second-order valence-corrected chi connectivity index (χ2v) is 5.97. The highest BCUT2D eigenvalue weighted by atomic mass is 35.5. The summed E-state index contributed by atoms with van der Waals surface area (Å²) in [5.41, 5.74) is 4.64. The average Bonchev–Trinajstić information content (AvgIpc) is 3.03. The Kier molecular flexibility index (Phi) is 5.71. The van der Waals surface area contributed by atoms with E-state index in [-0.39, 0.29) is 23.3 Å². The number of hydrogen-bond acceptors (Lipinski definition) is 4. The molecule has 0 spiro atoms. The molecule has 0 aliphatic rings. The zero-order valence-electron chi connectivity index (χ0n) is 13.9. The Hall–Kier alpha value is -3.05. The van der Waals surface area contributed by atoms with Crippen molar-refractivity contribution in [3.05, 3.63) is 77.0 Å². The van der Waals surface area contributed by atoms with Crippen molar-refractivity contribution in [3.8, 4) is 17.1 Å². The zero-order chi connectivity index (χ0) is 18.4. The predicted octanol–water partition coefficient (Wildman–Crippen LogP) is 4.39. The summed E-state index contributed by atoms with van der Waals surface area (Å²) in [6, 6.07) is 18.2. The maximum atomic E-state index is 11.9. The molecule has 2 N–H and O–H groups in total. The molecule has 1 heterocycles. The van der Waals surface area contributed by atoms with Crippen LogP contribution < -0.4 is 5.43 Å². The molecule has 132 valence electrons. The van der Waals surface area contributed by atoms with Gasteiger partial charge in [-0.3, -0.25) is 4.79 Å². The summed E-state index contributed by atoms with van der Waals surface area (Å²) in [6.45, 7) is 0. The SMILES string of the molecule is O=C(CCc1ccccc1O)N/N=C/c1cc(-c2ccccc2)oc1Cl. The van der Waals surface area contributed by atoms with Crippen LogP contribution in [-0.2, 0) is 11.2 Å². The van der Waals surface area contributed by atoms with Crippen molar-refractivity contribution >= 4 is 23.7 Å². The molecule has 1 amide bonds. The van der Waals surface area contributed by atoms with E-state index < -0.39 is 0 Å². The molecule has 0 atom stereocenters. The number of carbonyl (C=O) groups excluding carboxylic acids is 1. The lowest BCUT2D eigenvalue weighted by molar-refractivity contribution is -0.121. The van der Waals surface area contributed by atoms with Gasteiger partial charge in [0.25, 0.3) is 0 Å². The van der Waals surface area contributed by atoms with Crippen molar-refractivity contribution in [2.24, 2.45) is 5.10 Å². The van der Waals surface area contributed by atoms with Gasteiger partial charge in [0.05, 0.1) is 11.8 Å². The number of hydrogen-bond donors (Lipinski definition) is 2. The molecule has 0 aliphatic heterocycles. The van der Waals surface area contributed by atoms with Crippen molar-refractivity contribution < 1.29 is 14.3 Å². The van der Waals surface area contributed by atoms with Gasteiger partial charge in [0, 0.05) is 12.0 Å². The van der Waals surface area contributed by atoms with Crippen molar-refractivity contribution in [2.45, 2.75) is 12.8 Å². The van der Waals surface area contributed by atoms with Gasteiger partial charge in [-0.05, 0) is 35.7 Å². The third-order valence-corrected chi connectivity index (χ3v) is 4.07. The maximum Gasteiger partial charge on any atom is 0.240 e. The number of hydrazone groups is 1. The van der Waals surface area contributed by atoms with E-state index in [4.69, 9.17) is 16.0 Å². The van der Waals surface area contributed by atoms with E-state index in [0.29, 0.717) is 17.7 Å². The molecule has 0 fully saturated rings. The number of benzene rings is 2. The minimum Gasteiger partial charge on any atom is -0.508 e. The highest BCUT2D eigenvalue weighted by Gasteiger charge is 2.09. The second-order valence-electron chi connectivity index (χ2n) is 5.63. The molecule has 0 saturated heterocycles. The smallest absolute Gasteiger partial charge is 0.240 e. The van der Waals surface area contributed by atoms with E-state index in [9.17, 15) is 9.90 Å². The van der Waals surface area contributed by atoms with Crippen molar-refractivity contribution in [1.29, 1.82) is 0 Å². The lowest BCUT2D eigenvalue weighted by Crippen LogP contribution is -2.17. The number of rotatable bonds is 6. The monoisotopic (exact) mass is 368 g/mol. The molecular formula is C20H17ClN2O3. The summed E-state index contributed by atoms with van der Waals surface area (Å²) >= 11 is 6.07. The molecule has 0 saturated carbocycles. The summed E-state index contributed by atoms with van der Waals surface area (Å²) in [6.07, 6.45) is 2.08. The van der Waals surface area contributed by atoms with E-state index in [1.54, 1.807) is 24.3 Å². The quantitative estimate of drug-likeness (QED) is 0.500. The largest absolute Gasteiger partial charge is 0.508 e. The molecule has 0 bridgehead atoms.